The molecule has 2 N–H and O–H groups in total. The Bertz CT molecular complexity index is 733. The highest BCUT2D eigenvalue weighted by molar-refractivity contribution is 6.03. The van der Waals surface area contributed by atoms with E-state index in [0.717, 1.165) is 12.0 Å². The van der Waals surface area contributed by atoms with E-state index in [1.807, 2.05) is 0 Å². The molecule has 0 bridgehead atoms. The predicted molar refractivity (Wildman–Crippen MR) is 95.9 cm³/mol. The van der Waals surface area contributed by atoms with Crippen LogP contribution >= 0.6 is 0 Å². The number of hydrogen-bond acceptors (Lipinski definition) is 2. The van der Waals surface area contributed by atoms with Gasteiger partial charge < -0.3 is 0 Å². The van der Waals surface area contributed by atoms with Gasteiger partial charge in [-0.25, -0.2) is 5.43 Å². The number of fused-ring (bicyclic) bond motifs is 1. The largest absolute Gasteiger partial charge is 0.287 e. The quantitative estimate of drug-likeness (QED) is 0.626. The number of amides is 1. The minimum atomic E-state index is -0.0186. The minimum absolute atomic E-state index is 0.0186. The van der Waals surface area contributed by atoms with E-state index in [0.29, 0.717) is 6.54 Å². The van der Waals surface area contributed by atoms with Crippen LogP contribution in [0.25, 0.3) is 16.8 Å². The molecule has 2 aromatic rings. The molecule has 120 valence electrons. The summed E-state index contributed by atoms with van der Waals surface area (Å²) in [6.45, 7) is 2.81. The van der Waals surface area contributed by atoms with Gasteiger partial charge in [-0.15, -0.1) is 0 Å². The lowest BCUT2D eigenvalue weighted by molar-refractivity contribution is -0.116. The van der Waals surface area contributed by atoms with Crippen molar-refractivity contribution in [2.24, 2.45) is 0 Å². The van der Waals surface area contributed by atoms with E-state index in [1.54, 1.807) is 0 Å². The average Bonchev–Trinajstić information content (AvgIpc) is 2.98. The Labute approximate surface area is 137 Å². The number of benzene rings is 2. The van der Waals surface area contributed by atoms with Gasteiger partial charge >= 0.3 is 0 Å². The Kier molecular flexibility index (Phi) is 5.09. The zero-order valence-corrected chi connectivity index (χ0v) is 13.7. The van der Waals surface area contributed by atoms with Gasteiger partial charge in [-0.3, -0.25) is 10.2 Å². The molecule has 0 aliphatic carbocycles. The van der Waals surface area contributed by atoms with Crippen LogP contribution in [0.1, 0.15) is 43.7 Å². The van der Waals surface area contributed by atoms with Crippen molar-refractivity contribution in [3.05, 3.63) is 53.1 Å². The maximum Gasteiger partial charge on any atom is 0.262 e. The van der Waals surface area contributed by atoms with Crippen molar-refractivity contribution in [2.75, 3.05) is 6.54 Å². The van der Waals surface area contributed by atoms with Crippen LogP contribution in [0.2, 0.25) is 0 Å². The van der Waals surface area contributed by atoms with Crippen molar-refractivity contribution in [1.82, 2.24) is 10.9 Å². The molecule has 1 aliphatic rings. The predicted octanol–water partition coefficient (Wildman–Crippen LogP) is 3.98. The molecule has 1 amide bonds. The minimum Gasteiger partial charge on any atom is -0.287 e. The normalized spacial score (nSPS) is 16.2. The zero-order valence-electron chi connectivity index (χ0n) is 13.7. The van der Waals surface area contributed by atoms with Gasteiger partial charge in [0.2, 0.25) is 0 Å². The molecule has 0 unspecified atom stereocenters. The van der Waals surface area contributed by atoms with Crippen molar-refractivity contribution >= 4 is 22.8 Å². The first-order valence-corrected chi connectivity index (χ1v) is 8.54. The summed E-state index contributed by atoms with van der Waals surface area (Å²) < 4.78 is 0. The molecule has 3 nitrogen and oxygen atoms in total. The maximum atomic E-state index is 11.9. The molecule has 2 aromatic carbocycles. The first-order chi connectivity index (χ1) is 11.3. The summed E-state index contributed by atoms with van der Waals surface area (Å²) in [6.07, 6.45) is 8.14. The van der Waals surface area contributed by atoms with E-state index in [-0.39, 0.29) is 5.91 Å². The number of unbranched alkanes of at least 4 members (excludes halogenated alkanes) is 3. The van der Waals surface area contributed by atoms with Gasteiger partial charge in [-0.2, -0.15) is 0 Å². The second kappa shape index (κ2) is 7.42. The fraction of sp³-hybridized carbons (Fsp3) is 0.350. The molecule has 0 spiro atoms. The number of hydrogen-bond donors (Lipinski definition) is 2. The SMILES string of the molecule is CCCCCCc1ccc2ccccc2c1/C=C1\CNNC1=O. The number of aryl methyl sites for hydroxylation is 1. The second-order valence-electron chi connectivity index (χ2n) is 6.15. The van der Waals surface area contributed by atoms with Crippen LogP contribution in [0.3, 0.4) is 0 Å². The van der Waals surface area contributed by atoms with Gasteiger partial charge in [0.1, 0.15) is 0 Å². The van der Waals surface area contributed by atoms with Crippen LogP contribution in [-0.2, 0) is 11.2 Å². The topological polar surface area (TPSA) is 41.1 Å². The van der Waals surface area contributed by atoms with E-state index < -0.39 is 0 Å². The highest BCUT2D eigenvalue weighted by atomic mass is 16.2. The van der Waals surface area contributed by atoms with Crippen molar-refractivity contribution in [2.45, 2.75) is 39.0 Å². The Balaban J connectivity index is 1.98. The van der Waals surface area contributed by atoms with Crippen LogP contribution < -0.4 is 10.9 Å². The Hall–Kier alpha value is -2.13. The van der Waals surface area contributed by atoms with Crippen molar-refractivity contribution < 1.29 is 4.79 Å². The van der Waals surface area contributed by atoms with Gasteiger partial charge in [-0.1, -0.05) is 62.6 Å². The van der Waals surface area contributed by atoms with Crippen LogP contribution in [0.5, 0.6) is 0 Å². The number of rotatable bonds is 6. The fourth-order valence-corrected chi connectivity index (χ4v) is 3.14. The highest BCUT2D eigenvalue weighted by Gasteiger charge is 2.17. The van der Waals surface area contributed by atoms with Gasteiger partial charge in [-0.05, 0) is 40.8 Å². The number of hydrazine groups is 1. The van der Waals surface area contributed by atoms with Crippen molar-refractivity contribution in [3.63, 3.8) is 0 Å². The Morgan fingerprint density at radius 3 is 2.74 bits per heavy atom. The summed E-state index contributed by atoms with van der Waals surface area (Å²) in [5.74, 6) is -0.0186. The molecule has 1 fully saturated rings. The first-order valence-electron chi connectivity index (χ1n) is 8.54. The second-order valence-corrected chi connectivity index (χ2v) is 6.15. The molecule has 0 saturated carbocycles. The summed E-state index contributed by atoms with van der Waals surface area (Å²) in [6, 6.07) is 12.8. The Morgan fingerprint density at radius 2 is 1.96 bits per heavy atom. The molecule has 1 heterocycles. The van der Waals surface area contributed by atoms with E-state index in [2.05, 4.69) is 60.2 Å². The van der Waals surface area contributed by atoms with Crippen molar-refractivity contribution in [1.29, 1.82) is 0 Å². The van der Waals surface area contributed by atoms with E-state index in [4.69, 9.17) is 0 Å². The monoisotopic (exact) mass is 308 g/mol. The van der Waals surface area contributed by atoms with Gasteiger partial charge in [0, 0.05) is 12.1 Å². The van der Waals surface area contributed by atoms with Gasteiger partial charge in [0.15, 0.2) is 0 Å². The summed E-state index contributed by atoms with van der Waals surface area (Å²) in [4.78, 5) is 11.9. The molecule has 1 saturated heterocycles. The molecule has 0 aromatic heterocycles. The van der Waals surface area contributed by atoms with E-state index >= 15 is 0 Å². The fourth-order valence-electron chi connectivity index (χ4n) is 3.14. The lowest BCUT2D eigenvalue weighted by atomic mass is 9.93. The van der Waals surface area contributed by atoms with Crippen LogP contribution in [0, 0.1) is 0 Å². The number of carbonyl (C=O) groups excluding carboxylic acids is 1. The van der Waals surface area contributed by atoms with Gasteiger partial charge in [0.25, 0.3) is 5.91 Å². The summed E-state index contributed by atoms with van der Waals surface area (Å²) >= 11 is 0. The van der Waals surface area contributed by atoms with Gasteiger partial charge in [0.05, 0.1) is 0 Å². The molecule has 3 rings (SSSR count). The number of carbonyl (C=O) groups is 1. The summed E-state index contributed by atoms with van der Waals surface area (Å²) in [5.41, 5.74) is 8.91. The lowest BCUT2D eigenvalue weighted by Gasteiger charge is -2.11. The highest BCUT2D eigenvalue weighted by Crippen LogP contribution is 2.26. The molecule has 3 heteroatoms. The van der Waals surface area contributed by atoms with E-state index in [9.17, 15) is 4.79 Å². The van der Waals surface area contributed by atoms with Crippen LogP contribution in [0.15, 0.2) is 42.0 Å². The number of nitrogens with one attached hydrogen (secondary N) is 2. The Morgan fingerprint density at radius 1 is 1.09 bits per heavy atom. The first kappa shape index (κ1) is 15.8. The molecular weight excluding hydrogens is 284 g/mol. The third-order valence-corrected chi connectivity index (χ3v) is 4.45. The standard InChI is InChI=1S/C20H24N2O/c1-2-3-4-5-8-16-12-11-15-9-6-7-10-18(15)19(16)13-17-14-21-22-20(17)23/h6-7,9-13,21H,2-5,8,14H2,1H3,(H,22,23)/b17-13+. The smallest absolute Gasteiger partial charge is 0.262 e. The summed E-state index contributed by atoms with van der Waals surface area (Å²) in [7, 11) is 0. The zero-order chi connectivity index (χ0) is 16.1. The third kappa shape index (κ3) is 3.62. The van der Waals surface area contributed by atoms with Crippen molar-refractivity contribution in [3.8, 4) is 0 Å². The maximum absolute atomic E-state index is 11.9. The van der Waals surface area contributed by atoms with E-state index in [1.165, 1.54) is 47.6 Å². The molecule has 23 heavy (non-hydrogen) atoms. The lowest BCUT2D eigenvalue weighted by Crippen LogP contribution is -2.25. The third-order valence-electron chi connectivity index (χ3n) is 4.45. The molecule has 1 aliphatic heterocycles. The summed E-state index contributed by atoms with van der Waals surface area (Å²) in [5, 5.41) is 2.45. The van der Waals surface area contributed by atoms with Crippen LogP contribution in [-0.4, -0.2) is 12.5 Å². The molecule has 0 atom stereocenters. The molecular formula is C20H24N2O. The van der Waals surface area contributed by atoms with Crippen LogP contribution in [0.4, 0.5) is 0 Å². The average molecular weight is 308 g/mol. The molecule has 0 radical (unpaired) electrons.